The second kappa shape index (κ2) is 15.3. The third-order valence-corrected chi connectivity index (χ3v) is 8.97. The van der Waals surface area contributed by atoms with Gasteiger partial charge in [-0.25, -0.2) is 4.79 Å². The van der Waals surface area contributed by atoms with Gasteiger partial charge in [-0.3, -0.25) is 0 Å². The number of carbonyl (C=O) groups is 1. The Morgan fingerprint density at radius 3 is 2.17 bits per heavy atom. The van der Waals surface area contributed by atoms with Crippen molar-refractivity contribution in [2.24, 2.45) is 5.92 Å². The first-order chi connectivity index (χ1) is 20.0. The molecule has 0 radical (unpaired) electrons. The van der Waals surface area contributed by atoms with E-state index in [1.54, 1.807) is 0 Å². The molecule has 4 fully saturated rings. The number of aliphatic carboxylic acids is 1. The summed E-state index contributed by atoms with van der Waals surface area (Å²) in [6.07, 6.45) is -11.4. The molecule has 14 nitrogen and oxygen atoms in total. The van der Waals surface area contributed by atoms with Crippen molar-refractivity contribution in [3.05, 3.63) is 0 Å². The van der Waals surface area contributed by atoms with Gasteiger partial charge in [0.05, 0.1) is 24.9 Å². The van der Waals surface area contributed by atoms with Gasteiger partial charge in [-0.1, -0.05) is 39.0 Å². The number of aliphatic hydroxyl groups excluding tert-OH is 6. The lowest BCUT2D eigenvalue weighted by Gasteiger charge is -2.47. The van der Waals surface area contributed by atoms with Crippen molar-refractivity contribution in [1.82, 2.24) is 0 Å². The predicted octanol–water partition coefficient (Wildman–Crippen LogP) is -0.969. The van der Waals surface area contributed by atoms with E-state index in [0.717, 1.165) is 32.1 Å². The molecule has 7 N–H and O–H groups in total. The van der Waals surface area contributed by atoms with E-state index < -0.39 is 98.4 Å². The molecule has 1 aliphatic carbocycles. The molecule has 0 amide bonds. The predicted molar refractivity (Wildman–Crippen MR) is 142 cm³/mol. The number of rotatable bonds is 11. The van der Waals surface area contributed by atoms with E-state index in [1.807, 2.05) is 6.92 Å². The Balaban J connectivity index is 1.49. The van der Waals surface area contributed by atoms with E-state index >= 15 is 0 Å². The van der Waals surface area contributed by atoms with Crippen molar-refractivity contribution in [1.29, 1.82) is 0 Å². The molecule has 0 spiro atoms. The average Bonchev–Trinajstić information content (AvgIpc) is 2.98. The molecule has 3 aliphatic heterocycles. The standard InChI is InChI=1S/C28H48O14/c1-3-15-24(42-27-22(33)21(32)19(30)13(2)38-27)16(9-10-37-15)40-28-23(34)25(20(31)18(12-29)41-28)39-17(26(35)36)11-14-7-5-4-6-8-14/h13-25,27-34H,3-12H2,1-2H3,(H,35,36). The Hall–Kier alpha value is -1.01. The first kappa shape index (κ1) is 33.9. The number of ether oxygens (including phenoxy) is 6. The molecule has 4 aliphatic rings. The lowest BCUT2D eigenvalue weighted by atomic mass is 9.85. The molecule has 42 heavy (non-hydrogen) atoms. The summed E-state index contributed by atoms with van der Waals surface area (Å²) in [5.74, 6) is -1.05. The molecule has 3 heterocycles. The second-order valence-corrected chi connectivity index (χ2v) is 11.9. The van der Waals surface area contributed by atoms with Crippen LogP contribution < -0.4 is 0 Å². The SMILES string of the molecule is CCC1OCCC(OC2OC(CO)C(O)C(OC(CC3CCCCC3)C(=O)O)C2O)C1OC1OC(C)C(O)C(O)C1O. The highest BCUT2D eigenvalue weighted by molar-refractivity contribution is 5.72. The summed E-state index contributed by atoms with van der Waals surface area (Å²) >= 11 is 0. The minimum absolute atomic E-state index is 0.153. The number of carboxylic acid groups (broad SMARTS) is 1. The minimum atomic E-state index is -1.62. The van der Waals surface area contributed by atoms with Gasteiger partial charge in [0.2, 0.25) is 0 Å². The van der Waals surface area contributed by atoms with E-state index in [-0.39, 0.29) is 25.4 Å². The average molecular weight is 609 g/mol. The summed E-state index contributed by atoms with van der Waals surface area (Å²) in [4.78, 5) is 12.1. The summed E-state index contributed by atoms with van der Waals surface area (Å²) < 4.78 is 35.2. The Kier molecular flexibility index (Phi) is 12.4. The van der Waals surface area contributed by atoms with Crippen molar-refractivity contribution in [3.63, 3.8) is 0 Å². The molecule has 14 heteroatoms. The van der Waals surface area contributed by atoms with E-state index in [0.29, 0.717) is 6.42 Å². The van der Waals surface area contributed by atoms with Crippen molar-refractivity contribution >= 4 is 5.97 Å². The number of hydrogen-bond donors (Lipinski definition) is 7. The van der Waals surface area contributed by atoms with Crippen LogP contribution in [-0.2, 0) is 33.2 Å². The number of hydrogen-bond acceptors (Lipinski definition) is 13. The summed E-state index contributed by atoms with van der Waals surface area (Å²) in [6.45, 7) is 3.02. The first-order valence-corrected chi connectivity index (χ1v) is 15.2. The molecular weight excluding hydrogens is 560 g/mol. The van der Waals surface area contributed by atoms with Gasteiger partial charge < -0.3 is 64.2 Å². The topological polar surface area (TPSA) is 214 Å². The smallest absolute Gasteiger partial charge is 0.332 e. The fraction of sp³-hybridized carbons (Fsp3) is 0.964. The first-order valence-electron chi connectivity index (χ1n) is 15.2. The Morgan fingerprint density at radius 1 is 0.833 bits per heavy atom. The van der Waals surface area contributed by atoms with Crippen LogP contribution in [0.25, 0.3) is 0 Å². The third kappa shape index (κ3) is 7.79. The molecule has 3 saturated heterocycles. The van der Waals surface area contributed by atoms with Gasteiger partial charge in [0.15, 0.2) is 18.7 Å². The Morgan fingerprint density at radius 2 is 1.52 bits per heavy atom. The normalized spacial score (nSPS) is 44.5. The van der Waals surface area contributed by atoms with Gasteiger partial charge in [0, 0.05) is 6.61 Å². The van der Waals surface area contributed by atoms with Gasteiger partial charge >= 0.3 is 5.97 Å². The summed E-state index contributed by atoms with van der Waals surface area (Å²) in [6, 6.07) is 0. The van der Waals surface area contributed by atoms with Crippen LogP contribution in [0.2, 0.25) is 0 Å². The number of aliphatic hydroxyl groups is 6. The van der Waals surface area contributed by atoms with Crippen LogP contribution in [0.1, 0.15) is 65.2 Å². The fourth-order valence-corrected chi connectivity index (χ4v) is 6.41. The lowest BCUT2D eigenvalue weighted by molar-refractivity contribution is -0.355. The molecule has 4 rings (SSSR count). The van der Waals surface area contributed by atoms with Gasteiger partial charge in [0.25, 0.3) is 0 Å². The fourth-order valence-electron chi connectivity index (χ4n) is 6.41. The van der Waals surface area contributed by atoms with Gasteiger partial charge in [-0.2, -0.15) is 0 Å². The minimum Gasteiger partial charge on any atom is -0.479 e. The van der Waals surface area contributed by atoms with Crippen molar-refractivity contribution < 1.29 is 69.0 Å². The van der Waals surface area contributed by atoms with Crippen LogP contribution in [0.15, 0.2) is 0 Å². The van der Waals surface area contributed by atoms with Crippen molar-refractivity contribution in [3.8, 4) is 0 Å². The van der Waals surface area contributed by atoms with E-state index in [1.165, 1.54) is 6.92 Å². The highest BCUT2D eigenvalue weighted by Crippen LogP contribution is 2.34. The van der Waals surface area contributed by atoms with Crippen LogP contribution in [-0.4, -0.2) is 141 Å². The monoisotopic (exact) mass is 608 g/mol. The van der Waals surface area contributed by atoms with Crippen LogP contribution in [0.5, 0.6) is 0 Å². The van der Waals surface area contributed by atoms with Gasteiger partial charge in [-0.05, 0) is 32.1 Å². The van der Waals surface area contributed by atoms with Gasteiger partial charge in [-0.15, -0.1) is 0 Å². The van der Waals surface area contributed by atoms with Crippen molar-refractivity contribution in [2.45, 2.75) is 151 Å². The Bertz CT molecular complexity index is 841. The molecule has 1 saturated carbocycles. The zero-order valence-corrected chi connectivity index (χ0v) is 24.2. The molecule has 0 aromatic rings. The highest BCUT2D eigenvalue weighted by Gasteiger charge is 2.51. The quantitative estimate of drug-likeness (QED) is 0.150. The Labute approximate surface area is 245 Å². The lowest BCUT2D eigenvalue weighted by Crippen LogP contribution is -2.63. The zero-order valence-electron chi connectivity index (χ0n) is 24.2. The van der Waals surface area contributed by atoms with Crippen LogP contribution in [0.4, 0.5) is 0 Å². The molecule has 244 valence electrons. The summed E-state index contributed by atoms with van der Waals surface area (Å²) in [5, 5.41) is 72.7. The summed E-state index contributed by atoms with van der Waals surface area (Å²) in [5.41, 5.74) is 0. The van der Waals surface area contributed by atoms with Gasteiger partial charge in [0.1, 0.15) is 48.8 Å². The maximum absolute atomic E-state index is 12.1. The highest BCUT2D eigenvalue weighted by atomic mass is 16.7. The maximum Gasteiger partial charge on any atom is 0.332 e. The molecule has 0 aromatic carbocycles. The van der Waals surface area contributed by atoms with Crippen LogP contribution in [0.3, 0.4) is 0 Å². The van der Waals surface area contributed by atoms with Crippen LogP contribution in [0, 0.1) is 5.92 Å². The maximum atomic E-state index is 12.1. The van der Waals surface area contributed by atoms with E-state index in [9.17, 15) is 40.5 Å². The third-order valence-electron chi connectivity index (χ3n) is 8.97. The molecule has 14 atom stereocenters. The second-order valence-electron chi connectivity index (χ2n) is 11.9. The number of carboxylic acids is 1. The molecule has 14 unspecified atom stereocenters. The zero-order chi connectivity index (χ0) is 30.6. The molecule has 0 aromatic heterocycles. The largest absolute Gasteiger partial charge is 0.479 e. The summed E-state index contributed by atoms with van der Waals surface area (Å²) in [7, 11) is 0. The van der Waals surface area contributed by atoms with E-state index in [2.05, 4.69) is 0 Å². The molecular formula is C28H48O14. The molecule has 0 bridgehead atoms. The van der Waals surface area contributed by atoms with E-state index in [4.69, 9.17) is 28.4 Å². The van der Waals surface area contributed by atoms with Crippen LogP contribution >= 0.6 is 0 Å². The van der Waals surface area contributed by atoms with Crippen molar-refractivity contribution in [2.75, 3.05) is 13.2 Å².